The van der Waals surface area contributed by atoms with Crippen molar-refractivity contribution in [3.8, 4) is 0 Å². The predicted octanol–water partition coefficient (Wildman–Crippen LogP) is 1.56. The zero-order valence-electron chi connectivity index (χ0n) is 11.5. The van der Waals surface area contributed by atoms with Gasteiger partial charge in [0.15, 0.2) is 5.78 Å². The van der Waals surface area contributed by atoms with Gasteiger partial charge in [0.1, 0.15) is 5.69 Å². The second-order valence-corrected chi connectivity index (χ2v) is 4.79. The Bertz CT molecular complexity index is 401. The van der Waals surface area contributed by atoms with Crippen molar-refractivity contribution in [3.63, 3.8) is 0 Å². The number of aromatic nitrogens is 2. The lowest BCUT2D eigenvalue weighted by molar-refractivity contribution is -0.310. The minimum Gasteiger partial charge on any atom is -0.549 e. The highest BCUT2D eigenvalue weighted by Crippen LogP contribution is 2.25. The highest BCUT2D eigenvalue weighted by Gasteiger charge is 2.29. The maximum atomic E-state index is 12.2. The summed E-state index contributed by atoms with van der Waals surface area (Å²) in [7, 11) is 0. The summed E-state index contributed by atoms with van der Waals surface area (Å²) in [5.41, 5.74) is 0.239. The van der Waals surface area contributed by atoms with Crippen LogP contribution < -0.4 is 5.11 Å². The fourth-order valence-corrected chi connectivity index (χ4v) is 2.33. The molecule has 0 aliphatic heterocycles. The molecule has 1 rings (SSSR count). The number of unbranched alkanes of at least 4 members (excludes halogenated alkanes) is 2. The van der Waals surface area contributed by atoms with Gasteiger partial charge >= 0.3 is 0 Å². The second-order valence-electron chi connectivity index (χ2n) is 4.79. The molecule has 0 saturated carbocycles. The Morgan fingerprint density at radius 2 is 2.11 bits per heavy atom. The number of rotatable bonds is 9. The van der Waals surface area contributed by atoms with Gasteiger partial charge < -0.3 is 14.9 Å². The number of hydrogen-bond acceptors (Lipinski definition) is 4. The first-order valence-electron chi connectivity index (χ1n) is 6.85. The Kier molecular flexibility index (Phi) is 6.25. The standard InChI is InChI=1S/C14H22N2O3/c1-3-5-6-7-10(4-2)12(14(18)19)13(17)11-8-15-9-16-11/h8-10,12H,3-7H2,1-2H3,(H,15,16)(H,18,19)/p-1. The minimum atomic E-state index is -1.29. The monoisotopic (exact) mass is 265 g/mol. The molecule has 2 unspecified atom stereocenters. The van der Waals surface area contributed by atoms with Crippen LogP contribution in [-0.2, 0) is 4.79 Å². The average molecular weight is 265 g/mol. The van der Waals surface area contributed by atoms with Crippen LogP contribution in [-0.4, -0.2) is 21.7 Å². The average Bonchev–Trinajstić information content (AvgIpc) is 2.90. The van der Waals surface area contributed by atoms with Crippen LogP contribution in [0.3, 0.4) is 0 Å². The van der Waals surface area contributed by atoms with E-state index in [1.54, 1.807) is 0 Å². The summed E-state index contributed by atoms with van der Waals surface area (Å²) in [5.74, 6) is -2.97. The molecular weight excluding hydrogens is 244 g/mol. The molecule has 5 nitrogen and oxygen atoms in total. The molecule has 0 spiro atoms. The Morgan fingerprint density at radius 3 is 2.58 bits per heavy atom. The maximum Gasteiger partial charge on any atom is 0.189 e. The number of carboxylic acid groups (broad SMARTS) is 1. The molecule has 1 heterocycles. The second kappa shape index (κ2) is 7.71. The third-order valence-electron chi connectivity index (χ3n) is 3.47. The summed E-state index contributed by atoms with van der Waals surface area (Å²) in [6, 6.07) is 0. The zero-order valence-corrected chi connectivity index (χ0v) is 11.5. The van der Waals surface area contributed by atoms with Crippen molar-refractivity contribution >= 4 is 11.8 Å². The summed E-state index contributed by atoms with van der Waals surface area (Å²) < 4.78 is 0. The van der Waals surface area contributed by atoms with Crippen LogP contribution in [0.25, 0.3) is 0 Å². The molecule has 1 aromatic rings. The summed E-state index contributed by atoms with van der Waals surface area (Å²) in [5, 5.41) is 11.3. The van der Waals surface area contributed by atoms with E-state index in [0.29, 0.717) is 6.42 Å². The number of Topliss-reactive ketones (excluding diaryl/α,β-unsaturated/α-hetero) is 1. The van der Waals surface area contributed by atoms with Crippen molar-refractivity contribution in [2.75, 3.05) is 0 Å². The molecule has 0 radical (unpaired) electrons. The molecule has 5 heteroatoms. The topological polar surface area (TPSA) is 85.9 Å². The number of nitrogens with zero attached hydrogens (tertiary/aromatic N) is 1. The highest BCUT2D eigenvalue weighted by molar-refractivity contribution is 6.06. The maximum absolute atomic E-state index is 12.2. The number of ketones is 1. The van der Waals surface area contributed by atoms with Gasteiger partial charge in [0, 0.05) is 0 Å². The Balaban J connectivity index is 2.80. The number of aliphatic carboxylic acids is 1. The molecule has 0 bridgehead atoms. The number of H-pyrrole nitrogens is 1. The third-order valence-corrected chi connectivity index (χ3v) is 3.47. The number of imidazole rings is 1. The molecule has 2 atom stereocenters. The van der Waals surface area contributed by atoms with E-state index >= 15 is 0 Å². The lowest BCUT2D eigenvalue weighted by Crippen LogP contribution is -2.41. The predicted molar refractivity (Wildman–Crippen MR) is 69.3 cm³/mol. The number of nitrogens with one attached hydrogen (secondary N) is 1. The number of carboxylic acids is 1. The van der Waals surface area contributed by atoms with E-state index in [1.165, 1.54) is 12.5 Å². The molecule has 0 saturated heterocycles. The molecular formula is C14H21N2O3-. The van der Waals surface area contributed by atoms with Crippen LogP contribution in [0.5, 0.6) is 0 Å². The van der Waals surface area contributed by atoms with E-state index in [0.717, 1.165) is 25.7 Å². The van der Waals surface area contributed by atoms with Crippen molar-refractivity contribution in [1.82, 2.24) is 9.97 Å². The van der Waals surface area contributed by atoms with Crippen LogP contribution >= 0.6 is 0 Å². The smallest absolute Gasteiger partial charge is 0.189 e. The molecule has 0 aliphatic carbocycles. The SMILES string of the molecule is CCCCCC(CC)C(C(=O)[O-])C(=O)c1cnc[nH]1. The Labute approximate surface area is 113 Å². The Morgan fingerprint density at radius 1 is 1.37 bits per heavy atom. The van der Waals surface area contributed by atoms with Crippen molar-refractivity contribution in [3.05, 3.63) is 18.2 Å². The van der Waals surface area contributed by atoms with Gasteiger partial charge in [-0.25, -0.2) is 4.98 Å². The first kappa shape index (κ1) is 15.4. The minimum absolute atomic E-state index is 0.174. The van der Waals surface area contributed by atoms with E-state index in [9.17, 15) is 14.7 Å². The van der Waals surface area contributed by atoms with Gasteiger partial charge in [-0.1, -0.05) is 39.5 Å². The fraction of sp³-hybridized carbons (Fsp3) is 0.643. The summed E-state index contributed by atoms with van der Waals surface area (Å²) in [6.45, 7) is 4.00. The molecule has 19 heavy (non-hydrogen) atoms. The lowest BCUT2D eigenvalue weighted by atomic mass is 9.82. The van der Waals surface area contributed by atoms with E-state index in [2.05, 4.69) is 16.9 Å². The molecule has 106 valence electrons. The molecule has 0 fully saturated rings. The van der Waals surface area contributed by atoms with Gasteiger partial charge in [-0.15, -0.1) is 0 Å². The van der Waals surface area contributed by atoms with E-state index < -0.39 is 17.7 Å². The van der Waals surface area contributed by atoms with E-state index in [4.69, 9.17) is 0 Å². The van der Waals surface area contributed by atoms with E-state index in [1.807, 2.05) is 6.92 Å². The van der Waals surface area contributed by atoms with Gasteiger partial charge in [-0.05, 0) is 12.3 Å². The van der Waals surface area contributed by atoms with Gasteiger partial charge in [0.25, 0.3) is 0 Å². The van der Waals surface area contributed by atoms with Crippen molar-refractivity contribution in [1.29, 1.82) is 0 Å². The number of carbonyl (C=O) groups is 2. The normalized spacial score (nSPS) is 14.0. The highest BCUT2D eigenvalue weighted by atomic mass is 16.4. The third kappa shape index (κ3) is 4.19. The summed E-state index contributed by atoms with van der Waals surface area (Å²) in [4.78, 5) is 29.9. The largest absolute Gasteiger partial charge is 0.549 e. The van der Waals surface area contributed by atoms with Crippen molar-refractivity contribution in [2.45, 2.75) is 46.0 Å². The summed E-state index contributed by atoms with van der Waals surface area (Å²) >= 11 is 0. The quantitative estimate of drug-likeness (QED) is 0.417. The first-order chi connectivity index (χ1) is 9.11. The van der Waals surface area contributed by atoms with Gasteiger partial charge in [0.2, 0.25) is 0 Å². The van der Waals surface area contributed by atoms with Gasteiger partial charge in [-0.3, -0.25) is 4.79 Å². The number of carbonyl (C=O) groups excluding carboxylic acids is 2. The van der Waals surface area contributed by atoms with Crippen molar-refractivity contribution < 1.29 is 14.7 Å². The molecule has 0 aromatic carbocycles. The first-order valence-corrected chi connectivity index (χ1v) is 6.85. The van der Waals surface area contributed by atoms with Crippen LogP contribution in [0.2, 0.25) is 0 Å². The lowest BCUT2D eigenvalue weighted by Gasteiger charge is -2.25. The fourth-order valence-electron chi connectivity index (χ4n) is 2.33. The van der Waals surface area contributed by atoms with Crippen LogP contribution in [0, 0.1) is 11.8 Å². The van der Waals surface area contributed by atoms with Crippen molar-refractivity contribution in [2.24, 2.45) is 11.8 Å². The number of hydrogen-bond donors (Lipinski definition) is 1. The Hall–Kier alpha value is -1.65. The molecule has 0 amide bonds. The van der Waals surface area contributed by atoms with Gasteiger partial charge in [-0.2, -0.15) is 0 Å². The summed E-state index contributed by atoms with van der Waals surface area (Å²) in [6.07, 6.45) is 7.18. The van der Waals surface area contributed by atoms with Crippen LogP contribution in [0.1, 0.15) is 56.4 Å². The molecule has 1 N–H and O–H groups in total. The molecule has 0 aliphatic rings. The zero-order chi connectivity index (χ0) is 14.3. The molecule has 1 aromatic heterocycles. The van der Waals surface area contributed by atoms with E-state index in [-0.39, 0.29) is 11.6 Å². The van der Waals surface area contributed by atoms with Crippen LogP contribution in [0.15, 0.2) is 12.5 Å². The number of aromatic amines is 1. The van der Waals surface area contributed by atoms with Crippen LogP contribution in [0.4, 0.5) is 0 Å². The van der Waals surface area contributed by atoms with Gasteiger partial charge in [0.05, 0.1) is 24.4 Å².